The first-order valence-corrected chi connectivity index (χ1v) is 6.36. The van der Waals surface area contributed by atoms with E-state index in [4.69, 9.17) is 10.5 Å². The molecule has 6 heteroatoms. The molecule has 1 aromatic carbocycles. The van der Waals surface area contributed by atoms with E-state index in [0.717, 1.165) is 0 Å². The summed E-state index contributed by atoms with van der Waals surface area (Å²) in [5.41, 5.74) is 5.67. The van der Waals surface area contributed by atoms with E-state index in [1.165, 1.54) is 24.8 Å². The highest BCUT2D eigenvalue weighted by Gasteiger charge is 2.24. The third kappa shape index (κ3) is 3.16. The zero-order valence-electron chi connectivity index (χ0n) is 12.1. The molecule has 21 heavy (non-hydrogen) atoms. The van der Waals surface area contributed by atoms with Gasteiger partial charge < -0.3 is 10.5 Å². The van der Waals surface area contributed by atoms with E-state index in [2.05, 4.69) is 9.97 Å². The van der Waals surface area contributed by atoms with Gasteiger partial charge in [-0.25, -0.2) is 19.2 Å². The molecule has 0 spiro atoms. The second-order valence-corrected chi connectivity index (χ2v) is 5.60. The van der Waals surface area contributed by atoms with Gasteiger partial charge in [0.2, 0.25) is 0 Å². The average Bonchev–Trinajstić information content (AvgIpc) is 2.37. The van der Waals surface area contributed by atoms with Gasteiger partial charge >= 0.3 is 6.09 Å². The molecular formula is C15H16FN3O2. The highest BCUT2D eigenvalue weighted by atomic mass is 19.1. The van der Waals surface area contributed by atoms with Crippen LogP contribution in [0.1, 0.15) is 26.3 Å². The van der Waals surface area contributed by atoms with Crippen LogP contribution in [-0.4, -0.2) is 16.1 Å². The van der Waals surface area contributed by atoms with Crippen molar-refractivity contribution in [3.63, 3.8) is 0 Å². The molecule has 0 atom stereocenters. The van der Waals surface area contributed by atoms with Crippen LogP contribution in [0.25, 0.3) is 11.1 Å². The summed E-state index contributed by atoms with van der Waals surface area (Å²) in [5.74, 6) is -0.432. The molecule has 0 radical (unpaired) electrons. The number of hydrogen-bond acceptors (Lipinski definition) is 4. The summed E-state index contributed by atoms with van der Waals surface area (Å²) in [6, 6.07) is 3.11. The van der Waals surface area contributed by atoms with Crippen molar-refractivity contribution in [3.05, 3.63) is 42.2 Å². The Bertz CT molecular complexity index is 667. The fourth-order valence-electron chi connectivity index (χ4n) is 2.03. The van der Waals surface area contributed by atoms with Crippen LogP contribution in [0.3, 0.4) is 0 Å². The lowest BCUT2D eigenvalue weighted by atomic mass is 9.84. The first kappa shape index (κ1) is 14.9. The molecule has 0 aliphatic carbocycles. The maximum atomic E-state index is 14.9. The lowest BCUT2D eigenvalue weighted by Crippen LogP contribution is -2.19. The number of carbonyl (C=O) groups is 1. The van der Waals surface area contributed by atoms with Gasteiger partial charge in [-0.2, -0.15) is 0 Å². The summed E-state index contributed by atoms with van der Waals surface area (Å²) in [6.45, 7) is 5.68. The van der Waals surface area contributed by atoms with E-state index < -0.39 is 17.3 Å². The van der Waals surface area contributed by atoms with Gasteiger partial charge in [-0.1, -0.05) is 26.8 Å². The molecule has 0 unspecified atom stereocenters. The van der Waals surface area contributed by atoms with E-state index in [1.54, 1.807) is 6.07 Å². The smallest absolute Gasteiger partial charge is 0.409 e. The molecule has 1 heterocycles. The van der Waals surface area contributed by atoms with Crippen LogP contribution >= 0.6 is 0 Å². The van der Waals surface area contributed by atoms with Gasteiger partial charge in [0.05, 0.1) is 5.56 Å². The second-order valence-electron chi connectivity index (χ2n) is 5.60. The first-order chi connectivity index (χ1) is 9.80. The van der Waals surface area contributed by atoms with Gasteiger partial charge in [0.1, 0.15) is 17.9 Å². The first-order valence-electron chi connectivity index (χ1n) is 6.36. The molecule has 2 N–H and O–H groups in total. The predicted octanol–water partition coefficient (Wildman–Crippen LogP) is 3.04. The Morgan fingerprint density at radius 3 is 2.38 bits per heavy atom. The van der Waals surface area contributed by atoms with Crippen LogP contribution in [0.15, 0.2) is 30.9 Å². The Hall–Kier alpha value is -2.50. The van der Waals surface area contributed by atoms with Crippen LogP contribution in [0.5, 0.6) is 5.75 Å². The Morgan fingerprint density at radius 1 is 1.24 bits per heavy atom. The van der Waals surface area contributed by atoms with Crippen molar-refractivity contribution < 1.29 is 13.9 Å². The Kier molecular flexibility index (Phi) is 3.88. The van der Waals surface area contributed by atoms with Gasteiger partial charge in [0.15, 0.2) is 0 Å². The van der Waals surface area contributed by atoms with Crippen LogP contribution in [-0.2, 0) is 5.41 Å². The zero-order valence-corrected chi connectivity index (χ0v) is 12.1. The largest absolute Gasteiger partial charge is 0.410 e. The monoisotopic (exact) mass is 289 g/mol. The van der Waals surface area contributed by atoms with Gasteiger partial charge in [-0.3, -0.25) is 0 Å². The summed E-state index contributed by atoms with van der Waals surface area (Å²) in [4.78, 5) is 18.7. The summed E-state index contributed by atoms with van der Waals surface area (Å²) < 4.78 is 19.8. The number of halogens is 1. The number of primary amides is 1. The molecule has 0 bridgehead atoms. The quantitative estimate of drug-likeness (QED) is 0.921. The SMILES string of the molecule is CC(C)(C)c1ccc(OC(N)=O)c(-c2cncnc2)c1F. The van der Waals surface area contributed by atoms with Gasteiger partial charge in [0, 0.05) is 18.0 Å². The number of rotatable bonds is 2. The number of aromatic nitrogens is 2. The predicted molar refractivity (Wildman–Crippen MR) is 76.3 cm³/mol. The summed E-state index contributed by atoms with van der Waals surface area (Å²) in [5, 5.41) is 0. The standard InChI is InChI=1S/C15H16FN3O2/c1-15(2,3)10-4-5-11(21-14(17)20)12(13(10)16)9-6-18-8-19-7-9/h4-8H,1-3H3,(H2,17,20). The van der Waals surface area contributed by atoms with E-state index in [1.807, 2.05) is 20.8 Å². The maximum Gasteiger partial charge on any atom is 0.409 e. The minimum absolute atomic E-state index is 0.0443. The Morgan fingerprint density at radius 2 is 1.86 bits per heavy atom. The molecule has 1 aromatic heterocycles. The number of nitrogens with zero attached hydrogens (tertiary/aromatic N) is 2. The molecule has 0 aliphatic heterocycles. The molecule has 0 fully saturated rings. The molecule has 0 saturated carbocycles. The molecule has 0 aliphatic rings. The number of hydrogen-bond donors (Lipinski definition) is 1. The number of nitrogens with two attached hydrogens (primary N) is 1. The number of benzene rings is 1. The van der Waals surface area contributed by atoms with Gasteiger partial charge in [0.25, 0.3) is 0 Å². The minimum Gasteiger partial charge on any atom is -0.410 e. The molecule has 2 rings (SSSR count). The van der Waals surface area contributed by atoms with Crippen molar-refractivity contribution in [2.45, 2.75) is 26.2 Å². The number of amides is 1. The van der Waals surface area contributed by atoms with E-state index in [-0.39, 0.29) is 11.3 Å². The summed E-state index contributed by atoms with van der Waals surface area (Å²) >= 11 is 0. The van der Waals surface area contributed by atoms with Gasteiger partial charge in [-0.05, 0) is 17.0 Å². The highest BCUT2D eigenvalue weighted by molar-refractivity contribution is 5.76. The molecular weight excluding hydrogens is 273 g/mol. The highest BCUT2D eigenvalue weighted by Crippen LogP contribution is 2.37. The Balaban J connectivity index is 2.70. The van der Waals surface area contributed by atoms with Crippen molar-refractivity contribution in [2.24, 2.45) is 5.73 Å². The maximum absolute atomic E-state index is 14.9. The fourth-order valence-corrected chi connectivity index (χ4v) is 2.03. The topological polar surface area (TPSA) is 78.1 Å². The average molecular weight is 289 g/mol. The number of ether oxygens (including phenoxy) is 1. The van der Waals surface area contributed by atoms with E-state index in [0.29, 0.717) is 11.1 Å². The lowest BCUT2D eigenvalue weighted by Gasteiger charge is -2.22. The third-order valence-electron chi connectivity index (χ3n) is 2.97. The van der Waals surface area contributed by atoms with Crippen molar-refractivity contribution in [1.82, 2.24) is 9.97 Å². The zero-order chi connectivity index (χ0) is 15.6. The van der Waals surface area contributed by atoms with Crippen LogP contribution in [0, 0.1) is 5.82 Å². The van der Waals surface area contributed by atoms with Crippen molar-refractivity contribution in [2.75, 3.05) is 0 Å². The van der Waals surface area contributed by atoms with E-state index in [9.17, 15) is 9.18 Å². The van der Waals surface area contributed by atoms with Crippen molar-refractivity contribution in [3.8, 4) is 16.9 Å². The number of carbonyl (C=O) groups excluding carboxylic acids is 1. The molecule has 110 valence electrons. The van der Waals surface area contributed by atoms with E-state index >= 15 is 0 Å². The molecule has 5 nitrogen and oxygen atoms in total. The molecule has 0 saturated heterocycles. The Labute approximate surface area is 122 Å². The van der Waals surface area contributed by atoms with Crippen LogP contribution < -0.4 is 10.5 Å². The minimum atomic E-state index is -1.00. The molecule has 1 amide bonds. The van der Waals surface area contributed by atoms with Crippen LogP contribution in [0.4, 0.5) is 9.18 Å². The summed E-state index contributed by atoms with van der Waals surface area (Å²) in [7, 11) is 0. The summed E-state index contributed by atoms with van der Waals surface area (Å²) in [6.07, 6.45) is 3.23. The second kappa shape index (κ2) is 5.47. The fraction of sp³-hybridized carbons (Fsp3) is 0.267. The molecule has 2 aromatic rings. The van der Waals surface area contributed by atoms with Crippen molar-refractivity contribution in [1.29, 1.82) is 0 Å². The lowest BCUT2D eigenvalue weighted by molar-refractivity contribution is 0.211. The van der Waals surface area contributed by atoms with Gasteiger partial charge in [-0.15, -0.1) is 0 Å². The van der Waals surface area contributed by atoms with Crippen molar-refractivity contribution >= 4 is 6.09 Å². The third-order valence-corrected chi connectivity index (χ3v) is 2.97. The normalized spacial score (nSPS) is 11.2. The van der Waals surface area contributed by atoms with Crippen LogP contribution in [0.2, 0.25) is 0 Å².